The van der Waals surface area contributed by atoms with Crippen LogP contribution in [0.3, 0.4) is 0 Å². The summed E-state index contributed by atoms with van der Waals surface area (Å²) in [6.45, 7) is 13.7. The minimum absolute atomic E-state index is 0.0259. The zero-order valence-electron chi connectivity index (χ0n) is 33.8. The van der Waals surface area contributed by atoms with E-state index in [9.17, 15) is 0 Å². The molecule has 3 heterocycles. The summed E-state index contributed by atoms with van der Waals surface area (Å²) in [6.07, 6.45) is 1.97. The zero-order valence-corrected chi connectivity index (χ0v) is 33.8. The number of rotatable bonds is 3. The van der Waals surface area contributed by atoms with E-state index >= 15 is 0 Å². The van der Waals surface area contributed by atoms with Crippen molar-refractivity contribution in [3.8, 4) is 22.6 Å². The molecule has 0 atom stereocenters. The first-order valence-corrected chi connectivity index (χ1v) is 20.3. The van der Waals surface area contributed by atoms with Crippen LogP contribution in [-0.4, -0.2) is 19.1 Å². The molecule has 0 radical (unpaired) electrons. The van der Waals surface area contributed by atoms with Gasteiger partial charge in [0.2, 0.25) is 0 Å². The summed E-state index contributed by atoms with van der Waals surface area (Å²) in [5.41, 5.74) is 13.2. The summed E-state index contributed by atoms with van der Waals surface area (Å²) in [7, 11) is 0. The number of hydrogen-bond acceptors (Lipinski definition) is 2. The monoisotopic (exact) mass is 748 g/mol. The van der Waals surface area contributed by atoms with Crippen molar-refractivity contribution in [2.45, 2.75) is 52.4 Å². The lowest BCUT2D eigenvalue weighted by Crippen LogP contribution is -2.10. The molecule has 0 N–H and O–H groups in total. The fourth-order valence-corrected chi connectivity index (χ4v) is 9.20. The number of nitrogens with zero attached hydrogens (tertiary/aromatic N) is 4. The van der Waals surface area contributed by atoms with Crippen molar-refractivity contribution in [2.24, 2.45) is 0 Å². The van der Waals surface area contributed by atoms with E-state index in [1.54, 1.807) is 0 Å². The van der Waals surface area contributed by atoms with Gasteiger partial charge in [0.25, 0.3) is 0 Å². The van der Waals surface area contributed by atoms with E-state index in [4.69, 9.17) is 9.97 Å². The van der Waals surface area contributed by atoms with E-state index in [2.05, 4.69) is 202 Å². The average molecular weight is 749 g/mol. The zero-order chi connectivity index (χ0) is 39.5. The smallest absolute Gasteiger partial charge is 0.0979 e. The molecule has 0 spiro atoms. The highest BCUT2D eigenvalue weighted by Gasteiger charge is 2.22. The predicted molar refractivity (Wildman–Crippen MR) is 246 cm³/mol. The molecule has 4 nitrogen and oxygen atoms in total. The molecule has 0 aliphatic carbocycles. The Hall–Kier alpha value is -6.78. The highest BCUT2D eigenvalue weighted by molar-refractivity contribution is 6.23. The van der Waals surface area contributed by atoms with Crippen LogP contribution in [-0.2, 0) is 10.8 Å². The Bertz CT molecular complexity index is 3290. The second-order valence-electron chi connectivity index (χ2n) is 18.0. The van der Waals surface area contributed by atoms with Gasteiger partial charge in [0.15, 0.2) is 0 Å². The van der Waals surface area contributed by atoms with E-state index in [-0.39, 0.29) is 10.8 Å². The van der Waals surface area contributed by atoms with Crippen molar-refractivity contribution < 1.29 is 0 Å². The lowest BCUT2D eigenvalue weighted by Gasteiger charge is -2.20. The third-order valence-electron chi connectivity index (χ3n) is 12.2. The summed E-state index contributed by atoms with van der Waals surface area (Å²) in [6, 6.07) is 55.7. The molecule has 3 aromatic heterocycles. The van der Waals surface area contributed by atoms with Crippen LogP contribution >= 0.6 is 0 Å². The highest BCUT2D eigenvalue weighted by atomic mass is 15.0. The molecule has 58 heavy (non-hydrogen) atoms. The first-order valence-electron chi connectivity index (χ1n) is 20.3. The molecule has 0 amide bonds. The van der Waals surface area contributed by atoms with Gasteiger partial charge in [-0.1, -0.05) is 139 Å². The fraction of sp³-hybridized carbons (Fsp3) is 0.148. The summed E-state index contributed by atoms with van der Waals surface area (Å²) < 4.78 is 4.88. The van der Waals surface area contributed by atoms with Gasteiger partial charge in [-0.2, -0.15) is 0 Å². The van der Waals surface area contributed by atoms with Crippen molar-refractivity contribution in [3.05, 3.63) is 169 Å². The van der Waals surface area contributed by atoms with E-state index in [0.717, 1.165) is 44.4 Å². The van der Waals surface area contributed by atoms with E-state index < -0.39 is 0 Å². The molecule has 0 saturated carbocycles. The minimum atomic E-state index is 0.0259. The molecule has 0 aliphatic heterocycles. The van der Waals surface area contributed by atoms with E-state index in [0.29, 0.717) is 0 Å². The number of benzene rings is 8. The maximum absolute atomic E-state index is 5.51. The molecular formula is C54H44N4. The van der Waals surface area contributed by atoms with Crippen molar-refractivity contribution >= 4 is 76.2 Å². The van der Waals surface area contributed by atoms with Gasteiger partial charge in [0.05, 0.1) is 45.0 Å². The molecule has 11 aromatic rings. The molecular weight excluding hydrogens is 705 g/mol. The maximum Gasteiger partial charge on any atom is 0.0979 e. The third-order valence-corrected chi connectivity index (χ3v) is 12.2. The Morgan fingerprint density at radius 3 is 1.28 bits per heavy atom. The van der Waals surface area contributed by atoms with Crippen LogP contribution in [0.5, 0.6) is 0 Å². The van der Waals surface area contributed by atoms with Crippen LogP contribution < -0.4 is 0 Å². The molecule has 0 bridgehead atoms. The van der Waals surface area contributed by atoms with Crippen LogP contribution in [0.4, 0.5) is 0 Å². The molecule has 0 saturated heterocycles. The average Bonchev–Trinajstić information content (AvgIpc) is 3.75. The van der Waals surface area contributed by atoms with E-state index in [1.165, 1.54) is 65.5 Å². The van der Waals surface area contributed by atoms with Crippen molar-refractivity contribution in [1.82, 2.24) is 19.1 Å². The first kappa shape index (κ1) is 34.5. The first-order chi connectivity index (χ1) is 28.0. The maximum atomic E-state index is 5.51. The SMILES string of the molecule is CC(C)(C)c1ccc2c(c1)c1ccccc1n2-c1cc(-c2cnc3c4ccccc4c4ccccc4c3n2)cc(-n2c3ccccc3c3cc(C(C)(C)C)ccc32)c1. The topological polar surface area (TPSA) is 35.6 Å². The van der Waals surface area contributed by atoms with Crippen LogP contribution in [0.2, 0.25) is 0 Å². The Morgan fingerprint density at radius 2 is 0.793 bits per heavy atom. The van der Waals surface area contributed by atoms with Crippen LogP contribution in [0.25, 0.3) is 98.8 Å². The number of para-hydroxylation sites is 2. The summed E-state index contributed by atoms with van der Waals surface area (Å²) in [5, 5.41) is 9.60. The van der Waals surface area contributed by atoms with Gasteiger partial charge in [-0.15, -0.1) is 0 Å². The molecule has 0 fully saturated rings. The quantitative estimate of drug-likeness (QED) is 0.169. The van der Waals surface area contributed by atoms with Crippen molar-refractivity contribution in [3.63, 3.8) is 0 Å². The third kappa shape index (κ3) is 5.21. The highest BCUT2D eigenvalue weighted by Crippen LogP contribution is 2.41. The van der Waals surface area contributed by atoms with Crippen molar-refractivity contribution in [1.29, 1.82) is 0 Å². The second kappa shape index (κ2) is 12.4. The van der Waals surface area contributed by atoms with E-state index in [1.807, 2.05) is 6.20 Å². The Labute approximate surface area is 338 Å². The van der Waals surface area contributed by atoms with Gasteiger partial charge in [-0.25, -0.2) is 4.98 Å². The largest absolute Gasteiger partial charge is 0.309 e. The molecule has 0 unspecified atom stereocenters. The fourth-order valence-electron chi connectivity index (χ4n) is 9.20. The van der Waals surface area contributed by atoms with Crippen molar-refractivity contribution in [2.75, 3.05) is 0 Å². The Balaban J connectivity index is 1.24. The normalized spacial score (nSPS) is 12.7. The molecule has 0 aliphatic rings. The second-order valence-corrected chi connectivity index (χ2v) is 18.0. The molecule has 4 heteroatoms. The molecule has 280 valence electrons. The van der Waals surface area contributed by atoms with Gasteiger partial charge < -0.3 is 9.13 Å². The van der Waals surface area contributed by atoms with Gasteiger partial charge >= 0.3 is 0 Å². The van der Waals surface area contributed by atoms with Gasteiger partial charge in [0, 0.05) is 49.3 Å². The van der Waals surface area contributed by atoms with Gasteiger partial charge in [-0.05, 0) is 87.3 Å². The summed E-state index contributed by atoms with van der Waals surface area (Å²) >= 11 is 0. The minimum Gasteiger partial charge on any atom is -0.309 e. The van der Waals surface area contributed by atoms with Crippen LogP contribution in [0.15, 0.2) is 158 Å². The summed E-state index contributed by atoms with van der Waals surface area (Å²) in [5.74, 6) is 0. The molecule has 8 aromatic carbocycles. The van der Waals surface area contributed by atoms with Gasteiger partial charge in [-0.3, -0.25) is 4.98 Å². The van der Waals surface area contributed by atoms with Gasteiger partial charge in [0.1, 0.15) is 0 Å². The number of fused-ring (bicyclic) bond motifs is 12. The van der Waals surface area contributed by atoms with Crippen LogP contribution in [0, 0.1) is 0 Å². The Kier molecular flexibility index (Phi) is 7.34. The van der Waals surface area contributed by atoms with Crippen LogP contribution in [0.1, 0.15) is 52.7 Å². The summed E-state index contributed by atoms with van der Waals surface area (Å²) in [4.78, 5) is 10.7. The Morgan fingerprint density at radius 1 is 0.379 bits per heavy atom. The lowest BCUT2D eigenvalue weighted by atomic mass is 9.86. The standard InChI is InChI=1S/C54H44N4/c1-53(2,3)34-23-25-49-44(29-34)40-17-11-13-21-47(40)57(49)36-27-33(46-32-55-51-42-19-9-7-15-38(42)39-16-8-10-20-43(39)52(51)56-46)28-37(31-36)58-48-22-14-12-18-41(48)45-30-35(54(4,5)6)24-26-50(45)58/h7-32H,1-6H3. The number of aromatic nitrogens is 4. The predicted octanol–water partition coefficient (Wildman–Crippen LogP) is 14.4. The molecule has 11 rings (SSSR count). The lowest BCUT2D eigenvalue weighted by molar-refractivity contribution is 0.591. The number of hydrogen-bond donors (Lipinski definition) is 0.